The van der Waals surface area contributed by atoms with Crippen LogP contribution in [0.2, 0.25) is 5.02 Å². The lowest BCUT2D eigenvalue weighted by Gasteiger charge is -2.14. The maximum atomic E-state index is 14.8. The quantitative estimate of drug-likeness (QED) is 0.187. The number of carboxylic acid groups (broad SMARTS) is 1. The van der Waals surface area contributed by atoms with Crippen LogP contribution in [0, 0.1) is 17.1 Å². The minimum absolute atomic E-state index is 0.0223. The van der Waals surface area contributed by atoms with Gasteiger partial charge in [0.15, 0.2) is 11.0 Å². The molecule has 0 fully saturated rings. The van der Waals surface area contributed by atoms with Crippen LogP contribution in [0.1, 0.15) is 27.2 Å². The van der Waals surface area contributed by atoms with Crippen molar-refractivity contribution < 1.29 is 27.3 Å². The number of fused-ring (bicyclic) bond motifs is 1. The van der Waals surface area contributed by atoms with Gasteiger partial charge >= 0.3 is 5.97 Å². The summed E-state index contributed by atoms with van der Waals surface area (Å²) in [6.45, 7) is 0. The molecule has 44 heavy (non-hydrogen) atoms. The first-order valence-electron chi connectivity index (χ1n) is 12.9. The minimum atomic E-state index is -2.70. The first kappa shape index (κ1) is 29.4. The number of alkyl halides is 2. The van der Waals surface area contributed by atoms with Gasteiger partial charge in [-0.15, -0.1) is 11.3 Å². The molecule has 0 spiro atoms. The van der Waals surface area contributed by atoms with Crippen LogP contribution in [0.25, 0.3) is 44.4 Å². The van der Waals surface area contributed by atoms with Crippen molar-refractivity contribution in [2.24, 2.45) is 0 Å². The molecule has 6 rings (SSSR count). The van der Waals surface area contributed by atoms with Crippen LogP contribution in [0.3, 0.4) is 0 Å². The predicted octanol–water partition coefficient (Wildman–Crippen LogP) is 9.57. The van der Waals surface area contributed by atoms with Crippen LogP contribution < -0.4 is 0 Å². The molecule has 6 aromatic rings. The van der Waals surface area contributed by atoms with Gasteiger partial charge in [0.05, 0.1) is 21.7 Å². The van der Waals surface area contributed by atoms with Gasteiger partial charge in [0, 0.05) is 38.2 Å². The third kappa shape index (κ3) is 5.19. The van der Waals surface area contributed by atoms with Gasteiger partial charge < -0.3 is 5.11 Å². The highest BCUT2D eigenvalue weighted by Crippen LogP contribution is 2.45. The third-order valence-electron chi connectivity index (χ3n) is 7.09. The molecule has 1 unspecified atom stereocenters. The van der Waals surface area contributed by atoms with Gasteiger partial charge in [0.1, 0.15) is 16.8 Å². The van der Waals surface area contributed by atoms with Crippen molar-refractivity contribution >= 4 is 50.8 Å². The molecule has 2 heterocycles. The van der Waals surface area contributed by atoms with Crippen molar-refractivity contribution in [2.75, 3.05) is 0 Å². The molecule has 0 aliphatic heterocycles. The van der Waals surface area contributed by atoms with Crippen LogP contribution in [0.4, 0.5) is 13.2 Å². The topological polar surface area (TPSA) is 83.1 Å². The fourth-order valence-electron chi connectivity index (χ4n) is 5.09. The molecule has 0 aliphatic rings. The van der Waals surface area contributed by atoms with E-state index in [-0.39, 0.29) is 21.0 Å². The van der Waals surface area contributed by atoms with E-state index in [0.717, 1.165) is 0 Å². The van der Waals surface area contributed by atoms with Crippen molar-refractivity contribution in [1.82, 2.24) is 3.97 Å². The van der Waals surface area contributed by atoms with Gasteiger partial charge in [0.2, 0.25) is 0 Å². The lowest BCUT2D eigenvalue weighted by Crippen LogP contribution is -2.07. The van der Waals surface area contributed by atoms with Crippen molar-refractivity contribution in [1.29, 1.82) is 5.26 Å². The fourth-order valence-corrected chi connectivity index (χ4v) is 7.35. The largest absolute Gasteiger partial charge is 0.478 e. The molecule has 1 N–H and O–H groups in total. The maximum absolute atomic E-state index is 14.8. The van der Waals surface area contributed by atoms with Crippen LogP contribution in [-0.4, -0.2) is 19.3 Å². The second-order valence-corrected chi connectivity index (χ2v) is 12.3. The van der Waals surface area contributed by atoms with E-state index in [0.29, 0.717) is 49.3 Å². The van der Waals surface area contributed by atoms with E-state index < -0.39 is 29.2 Å². The molecule has 0 saturated carbocycles. The van der Waals surface area contributed by atoms with Crippen LogP contribution in [0.5, 0.6) is 0 Å². The van der Waals surface area contributed by atoms with E-state index in [4.69, 9.17) is 11.6 Å². The number of aromatic nitrogens is 1. The number of hydrogen-bond donors (Lipinski definition) is 1. The summed E-state index contributed by atoms with van der Waals surface area (Å²) < 4.78 is 57.2. The summed E-state index contributed by atoms with van der Waals surface area (Å²) in [7, 11) is -2.00. The summed E-state index contributed by atoms with van der Waals surface area (Å²) in [5.74, 6) is -1.66. The first-order chi connectivity index (χ1) is 21.2. The SMILES string of the molecule is N#Cc1sccc1-c1c(-c2cccc(-c3ccc(C(=O)O)cc3Cl)c2)n(S(=O)c2ccc(C(F)F)cc2)c2ccc(F)cc12. The molecule has 2 aromatic heterocycles. The second-order valence-electron chi connectivity index (χ2n) is 9.65. The monoisotopic (exact) mass is 646 g/mol. The smallest absolute Gasteiger partial charge is 0.335 e. The van der Waals surface area contributed by atoms with E-state index in [1.165, 1.54) is 69.9 Å². The minimum Gasteiger partial charge on any atom is -0.478 e. The van der Waals surface area contributed by atoms with Gasteiger partial charge in [-0.2, -0.15) is 5.26 Å². The number of carbonyl (C=O) groups is 1. The maximum Gasteiger partial charge on any atom is 0.335 e. The molecule has 11 heteroatoms. The van der Waals surface area contributed by atoms with Crippen LogP contribution in [-0.2, 0) is 11.0 Å². The van der Waals surface area contributed by atoms with Gasteiger partial charge in [-0.25, -0.2) is 22.2 Å². The normalized spacial score (nSPS) is 12.0. The van der Waals surface area contributed by atoms with E-state index in [9.17, 15) is 32.5 Å². The number of aromatic carboxylic acids is 1. The first-order valence-corrected chi connectivity index (χ1v) is 15.3. The molecule has 0 saturated heterocycles. The molecular formula is C33H18ClF3N2O3S2. The summed E-state index contributed by atoms with van der Waals surface area (Å²) in [5.41, 5.74) is 3.30. The van der Waals surface area contributed by atoms with E-state index in [1.54, 1.807) is 41.8 Å². The van der Waals surface area contributed by atoms with Crippen molar-refractivity contribution in [3.63, 3.8) is 0 Å². The van der Waals surface area contributed by atoms with Gasteiger partial charge in [0.25, 0.3) is 6.43 Å². The van der Waals surface area contributed by atoms with Gasteiger partial charge in [-0.05, 0) is 65.5 Å². The number of thiophene rings is 1. The molecule has 218 valence electrons. The number of nitrogens with zero attached hydrogens (tertiary/aromatic N) is 2. The number of halogens is 4. The standard InChI is InChI=1S/C33H18ClF3N2O3S2/c34-27-15-21(33(40)41)6-10-24(27)19-2-1-3-20(14-19)31-30(25-12-13-43-29(25)17-38)26-16-22(35)7-11-28(26)39(31)44(42)23-8-4-18(5-9-23)32(36)37/h1-16,32H,(H,40,41). The molecule has 0 radical (unpaired) electrons. The third-order valence-corrected chi connectivity index (χ3v) is 9.60. The highest BCUT2D eigenvalue weighted by molar-refractivity contribution is 7.83. The molecular weight excluding hydrogens is 629 g/mol. The van der Waals surface area contributed by atoms with Crippen LogP contribution >= 0.6 is 22.9 Å². The summed E-state index contributed by atoms with van der Waals surface area (Å²) in [6, 6.07) is 24.6. The highest BCUT2D eigenvalue weighted by atomic mass is 35.5. The Labute approximate surface area is 260 Å². The predicted molar refractivity (Wildman–Crippen MR) is 166 cm³/mol. The number of hydrogen-bond acceptors (Lipinski definition) is 4. The van der Waals surface area contributed by atoms with Gasteiger partial charge in [-0.3, -0.25) is 3.97 Å². The Balaban J connectivity index is 1.66. The van der Waals surface area contributed by atoms with Crippen LogP contribution in [0.15, 0.2) is 101 Å². The summed E-state index contributed by atoms with van der Waals surface area (Å²) in [6.07, 6.45) is -2.70. The van der Waals surface area contributed by atoms with Crippen molar-refractivity contribution in [2.45, 2.75) is 11.3 Å². The number of rotatable bonds is 7. The molecule has 1 atom stereocenters. The Morgan fingerprint density at radius 1 is 0.955 bits per heavy atom. The zero-order valence-electron chi connectivity index (χ0n) is 22.3. The summed E-state index contributed by atoms with van der Waals surface area (Å²) in [5, 5.41) is 21.6. The Kier molecular flexibility index (Phi) is 7.86. The average molecular weight is 647 g/mol. The lowest BCUT2D eigenvalue weighted by atomic mass is 9.96. The average Bonchev–Trinajstić information content (AvgIpc) is 3.62. The van der Waals surface area contributed by atoms with Crippen molar-refractivity contribution in [3.05, 3.63) is 123 Å². The zero-order valence-corrected chi connectivity index (χ0v) is 24.7. The Morgan fingerprint density at radius 3 is 2.39 bits per heavy atom. The number of benzene rings is 4. The van der Waals surface area contributed by atoms with E-state index in [1.807, 2.05) is 0 Å². The zero-order chi connectivity index (χ0) is 31.1. The van der Waals surface area contributed by atoms with Crippen molar-refractivity contribution in [3.8, 4) is 39.6 Å². The highest BCUT2D eigenvalue weighted by Gasteiger charge is 2.27. The molecule has 4 aromatic carbocycles. The fraction of sp³-hybridized carbons (Fsp3) is 0.0303. The van der Waals surface area contributed by atoms with E-state index >= 15 is 0 Å². The molecule has 0 bridgehead atoms. The summed E-state index contributed by atoms with van der Waals surface area (Å²) >= 11 is 7.70. The van der Waals surface area contributed by atoms with E-state index in [2.05, 4.69) is 6.07 Å². The second kappa shape index (κ2) is 11.8. The lowest BCUT2D eigenvalue weighted by molar-refractivity contribution is 0.0697. The Bertz CT molecular complexity index is 2150. The Hall–Kier alpha value is -4.69. The Morgan fingerprint density at radius 2 is 1.70 bits per heavy atom. The number of nitriles is 1. The number of carboxylic acids is 1. The molecule has 0 aliphatic carbocycles. The molecule has 5 nitrogen and oxygen atoms in total. The van der Waals surface area contributed by atoms with Gasteiger partial charge in [-0.1, -0.05) is 48.0 Å². The summed E-state index contributed by atoms with van der Waals surface area (Å²) in [4.78, 5) is 12.0. The molecule has 0 amide bonds.